The number of halogens is 3. The average molecular weight is 785 g/mol. The van der Waals surface area contributed by atoms with Gasteiger partial charge in [0.2, 0.25) is 11.8 Å². The Balaban J connectivity index is 0.000000719. The number of alkyl carbamates (subject to hydrolysis) is 1. The lowest BCUT2D eigenvalue weighted by Gasteiger charge is -2.24. The molecule has 0 saturated carbocycles. The molecular formula is C41H39F3N6O7. The van der Waals surface area contributed by atoms with Gasteiger partial charge >= 0.3 is 18.2 Å². The van der Waals surface area contributed by atoms with Crippen LogP contribution in [-0.2, 0) is 25.7 Å². The maximum Gasteiger partial charge on any atom is 0.490 e. The molecule has 2 atom stereocenters. The monoisotopic (exact) mass is 784 g/mol. The molecule has 2 heterocycles. The van der Waals surface area contributed by atoms with E-state index < -0.39 is 42.1 Å². The fourth-order valence-electron chi connectivity index (χ4n) is 6.88. The zero-order valence-electron chi connectivity index (χ0n) is 30.6. The highest BCUT2D eigenvalue weighted by Crippen LogP contribution is 2.44. The summed E-state index contributed by atoms with van der Waals surface area (Å²) < 4.78 is 37.4. The Morgan fingerprint density at radius 1 is 0.877 bits per heavy atom. The smallest absolute Gasteiger partial charge is 0.475 e. The summed E-state index contributed by atoms with van der Waals surface area (Å²) in [4.78, 5) is 67.9. The zero-order chi connectivity index (χ0) is 40.9. The van der Waals surface area contributed by atoms with E-state index in [1.807, 2.05) is 54.6 Å². The van der Waals surface area contributed by atoms with Gasteiger partial charge in [0, 0.05) is 17.2 Å². The van der Waals surface area contributed by atoms with Gasteiger partial charge in [-0.3, -0.25) is 19.3 Å². The summed E-state index contributed by atoms with van der Waals surface area (Å²) in [5.74, 6) is -3.30. The minimum absolute atomic E-state index is 0.108. The van der Waals surface area contributed by atoms with Crippen molar-refractivity contribution in [1.29, 1.82) is 0 Å². The van der Waals surface area contributed by atoms with Gasteiger partial charge in [-0.2, -0.15) is 13.2 Å². The summed E-state index contributed by atoms with van der Waals surface area (Å²) in [6.07, 6.45) is -4.20. The highest BCUT2D eigenvalue weighted by Gasteiger charge is 2.38. The van der Waals surface area contributed by atoms with Crippen molar-refractivity contribution < 1.29 is 47.0 Å². The quantitative estimate of drug-likeness (QED) is 0.117. The van der Waals surface area contributed by atoms with Crippen LogP contribution in [0.25, 0.3) is 11.1 Å². The number of rotatable bonds is 11. The first kappa shape index (κ1) is 40.1. The van der Waals surface area contributed by atoms with Gasteiger partial charge in [-0.1, -0.05) is 66.7 Å². The molecule has 57 heavy (non-hydrogen) atoms. The van der Waals surface area contributed by atoms with Gasteiger partial charge in [0.25, 0.3) is 5.91 Å². The van der Waals surface area contributed by atoms with Crippen LogP contribution in [0.4, 0.5) is 29.3 Å². The number of hydrogen-bond acceptors (Lipinski definition) is 8. The Morgan fingerprint density at radius 3 is 2.09 bits per heavy atom. The Hall–Kier alpha value is -6.55. The molecule has 0 spiro atoms. The van der Waals surface area contributed by atoms with E-state index in [0.717, 1.165) is 39.1 Å². The predicted molar refractivity (Wildman–Crippen MR) is 204 cm³/mol. The fourth-order valence-corrected chi connectivity index (χ4v) is 6.88. The standard InChI is InChI=1S/C39H38N6O5.C2HF3O2/c1-23(36(46)42-25-17-18-33-24(20-25)21-45-35(43-33)30-14-6-7-15-31(30)38(45)48)41-37(47)34(16-8-9-19-40)44-39(49)50-22-32-28-12-4-2-10-26(28)27-11-3-5-13-29(27)32;3-2(4,5)1(6)7/h2-7,10-15,17-18,20,23,32,34H,8-9,16,19,21-22,40H2,1H3,(H,41,47)(H,42,46)(H,44,49);(H,6,7)/t23-,34+;/m1./s1. The number of carboxylic acids is 1. The Morgan fingerprint density at radius 2 is 1.47 bits per heavy atom. The molecule has 13 nitrogen and oxygen atoms in total. The lowest BCUT2D eigenvalue weighted by atomic mass is 9.98. The Labute approximate surface area is 325 Å². The summed E-state index contributed by atoms with van der Waals surface area (Å²) in [5.41, 5.74) is 13.5. The lowest BCUT2D eigenvalue weighted by molar-refractivity contribution is -0.192. The van der Waals surface area contributed by atoms with E-state index in [2.05, 4.69) is 28.1 Å². The van der Waals surface area contributed by atoms with Gasteiger partial charge in [0.05, 0.1) is 17.8 Å². The van der Waals surface area contributed by atoms with Crippen molar-refractivity contribution in [3.8, 4) is 11.1 Å². The van der Waals surface area contributed by atoms with Crippen LogP contribution < -0.4 is 21.7 Å². The number of unbranched alkanes of at least 4 members (excludes halogenated alkanes) is 1. The van der Waals surface area contributed by atoms with Crippen molar-refractivity contribution >= 4 is 47.0 Å². The molecule has 2 aliphatic heterocycles. The normalized spacial score (nSPS) is 14.6. The molecule has 4 aromatic carbocycles. The first-order valence-electron chi connectivity index (χ1n) is 18.1. The van der Waals surface area contributed by atoms with Crippen LogP contribution in [0, 0.1) is 0 Å². The number of benzene rings is 4. The number of amides is 4. The van der Waals surface area contributed by atoms with Crippen LogP contribution in [0.2, 0.25) is 0 Å². The van der Waals surface area contributed by atoms with Gasteiger partial charge in [0.15, 0.2) is 0 Å². The van der Waals surface area contributed by atoms with Crippen molar-refractivity contribution in [3.05, 3.63) is 119 Å². The molecule has 4 amide bonds. The molecular weight excluding hydrogens is 745 g/mol. The second-order valence-corrected chi connectivity index (χ2v) is 13.5. The highest BCUT2D eigenvalue weighted by atomic mass is 19.4. The number of fused-ring (bicyclic) bond motifs is 7. The molecule has 0 bridgehead atoms. The van der Waals surface area contributed by atoms with E-state index >= 15 is 0 Å². The van der Waals surface area contributed by atoms with Crippen LogP contribution in [-0.4, -0.2) is 77.0 Å². The first-order valence-corrected chi connectivity index (χ1v) is 18.1. The third-order valence-corrected chi connectivity index (χ3v) is 9.69. The maximum atomic E-state index is 13.4. The molecule has 0 aromatic heterocycles. The number of nitrogens with one attached hydrogen (secondary N) is 3. The molecule has 3 aliphatic rings. The van der Waals surface area contributed by atoms with Crippen molar-refractivity contribution in [3.63, 3.8) is 0 Å². The summed E-state index contributed by atoms with van der Waals surface area (Å²) in [7, 11) is 0. The van der Waals surface area contributed by atoms with Gasteiger partial charge < -0.3 is 31.5 Å². The number of carboxylic acid groups (broad SMARTS) is 1. The number of aliphatic carboxylic acids is 1. The minimum Gasteiger partial charge on any atom is -0.475 e. The number of ether oxygens (including phenoxy) is 1. The second kappa shape index (κ2) is 17.1. The maximum absolute atomic E-state index is 13.4. The summed E-state index contributed by atoms with van der Waals surface area (Å²) in [6, 6.07) is 27.0. The van der Waals surface area contributed by atoms with E-state index in [9.17, 15) is 32.3 Å². The second-order valence-electron chi connectivity index (χ2n) is 13.5. The number of hydrogen-bond donors (Lipinski definition) is 5. The molecule has 296 valence electrons. The lowest BCUT2D eigenvalue weighted by Crippen LogP contribution is -2.51. The van der Waals surface area contributed by atoms with Gasteiger partial charge in [-0.25, -0.2) is 14.6 Å². The van der Waals surface area contributed by atoms with Crippen molar-refractivity contribution in [2.24, 2.45) is 10.7 Å². The molecule has 1 aliphatic carbocycles. The van der Waals surface area contributed by atoms with Crippen molar-refractivity contribution in [1.82, 2.24) is 15.5 Å². The van der Waals surface area contributed by atoms with Crippen LogP contribution in [0.3, 0.4) is 0 Å². The number of alkyl halides is 3. The molecule has 6 N–H and O–H groups in total. The predicted octanol–water partition coefficient (Wildman–Crippen LogP) is 5.85. The van der Waals surface area contributed by atoms with Gasteiger partial charge in [-0.05, 0) is 84.8 Å². The van der Waals surface area contributed by atoms with Crippen LogP contribution in [0.5, 0.6) is 0 Å². The molecule has 0 fully saturated rings. The SMILES string of the molecule is C[C@@H](NC(=O)[C@H](CCCCN)NC(=O)OCC1c2ccccc2-c2ccccc21)C(=O)Nc1ccc2c(c1)CN1C(=O)c3ccccc3C1=N2.O=C(O)C(F)(F)F. The molecule has 0 radical (unpaired) electrons. The number of anilines is 1. The van der Waals surface area contributed by atoms with Gasteiger partial charge in [-0.15, -0.1) is 0 Å². The highest BCUT2D eigenvalue weighted by molar-refractivity contribution is 6.24. The number of carbonyl (C=O) groups excluding carboxylic acids is 4. The zero-order valence-corrected chi connectivity index (χ0v) is 30.6. The fraction of sp³-hybridized carbons (Fsp3) is 0.268. The van der Waals surface area contributed by atoms with Gasteiger partial charge in [0.1, 0.15) is 24.5 Å². The third kappa shape index (κ3) is 8.96. The molecule has 0 unspecified atom stereocenters. The Kier molecular flexibility index (Phi) is 12.0. The minimum atomic E-state index is -5.08. The summed E-state index contributed by atoms with van der Waals surface area (Å²) in [6.45, 7) is 2.46. The van der Waals surface area contributed by atoms with E-state index in [1.165, 1.54) is 0 Å². The van der Waals surface area contributed by atoms with Crippen LogP contribution >= 0.6 is 0 Å². The first-order chi connectivity index (χ1) is 27.3. The van der Waals surface area contributed by atoms with Crippen molar-refractivity contribution in [2.75, 3.05) is 18.5 Å². The number of aliphatic imine (C=N–C) groups is 1. The summed E-state index contributed by atoms with van der Waals surface area (Å²) in [5, 5.41) is 15.4. The number of nitrogens with zero attached hydrogens (tertiary/aromatic N) is 2. The number of carbonyl (C=O) groups is 5. The average Bonchev–Trinajstić information content (AvgIpc) is 3.66. The van der Waals surface area contributed by atoms with Crippen molar-refractivity contribution in [2.45, 2.75) is 56.9 Å². The van der Waals surface area contributed by atoms with E-state index in [0.29, 0.717) is 49.4 Å². The molecule has 0 saturated heterocycles. The third-order valence-electron chi connectivity index (χ3n) is 9.69. The molecule has 7 rings (SSSR count). The Bertz CT molecular complexity index is 2200. The topological polar surface area (TPSA) is 193 Å². The van der Waals surface area contributed by atoms with Crippen LogP contribution in [0.15, 0.2) is 96.0 Å². The van der Waals surface area contributed by atoms with E-state index in [-0.39, 0.29) is 18.4 Å². The van der Waals surface area contributed by atoms with E-state index in [1.54, 1.807) is 36.1 Å². The number of amidine groups is 1. The molecule has 16 heteroatoms. The largest absolute Gasteiger partial charge is 0.490 e. The van der Waals surface area contributed by atoms with Crippen LogP contribution in [0.1, 0.15) is 64.7 Å². The summed E-state index contributed by atoms with van der Waals surface area (Å²) >= 11 is 0. The number of nitrogens with two attached hydrogens (primary N) is 1. The van der Waals surface area contributed by atoms with E-state index in [4.69, 9.17) is 25.4 Å². The molecule has 4 aromatic rings.